The highest BCUT2D eigenvalue weighted by Gasteiger charge is 2.31. The van der Waals surface area contributed by atoms with E-state index in [2.05, 4.69) is 0 Å². The van der Waals surface area contributed by atoms with Gasteiger partial charge in [-0.3, -0.25) is 0 Å². The molecule has 1 aliphatic rings. The van der Waals surface area contributed by atoms with Crippen molar-refractivity contribution < 1.29 is 13.2 Å². The van der Waals surface area contributed by atoms with Crippen molar-refractivity contribution in [3.8, 4) is 0 Å². The van der Waals surface area contributed by atoms with Gasteiger partial charge in [0, 0.05) is 24.3 Å². The molecule has 0 spiro atoms. The Balaban J connectivity index is 2.23. The van der Waals surface area contributed by atoms with E-state index in [0.717, 1.165) is 18.9 Å². The van der Waals surface area contributed by atoms with Crippen molar-refractivity contribution in [2.45, 2.75) is 38.0 Å². The molecule has 1 aromatic rings. The molecule has 2 nitrogen and oxygen atoms in total. The van der Waals surface area contributed by atoms with Crippen molar-refractivity contribution >= 4 is 5.69 Å². The van der Waals surface area contributed by atoms with Crippen LogP contribution in [0.25, 0.3) is 0 Å². The second kappa shape index (κ2) is 4.80. The highest BCUT2D eigenvalue weighted by molar-refractivity contribution is 5.50. The summed E-state index contributed by atoms with van der Waals surface area (Å²) in [6.07, 6.45) is -2.65. The Hall–Kier alpha value is -1.23. The lowest BCUT2D eigenvalue weighted by Crippen LogP contribution is -2.45. The van der Waals surface area contributed by atoms with E-state index >= 15 is 0 Å². The van der Waals surface area contributed by atoms with Gasteiger partial charge in [0.05, 0.1) is 5.56 Å². The molecular formula is C13H17F3N2. The summed E-state index contributed by atoms with van der Waals surface area (Å²) in [5.74, 6) is 0. The summed E-state index contributed by atoms with van der Waals surface area (Å²) in [5.41, 5.74) is 5.89. The molecule has 1 aromatic carbocycles. The number of rotatable bonds is 1. The molecule has 2 N–H and O–H groups in total. The molecule has 0 aliphatic carbocycles. The van der Waals surface area contributed by atoms with Crippen molar-refractivity contribution in [1.82, 2.24) is 0 Å². The fraction of sp³-hybridized carbons (Fsp3) is 0.538. The first-order chi connectivity index (χ1) is 8.38. The maximum atomic E-state index is 12.7. The van der Waals surface area contributed by atoms with Crippen molar-refractivity contribution in [3.05, 3.63) is 29.8 Å². The van der Waals surface area contributed by atoms with E-state index in [-0.39, 0.29) is 12.1 Å². The highest BCUT2D eigenvalue weighted by Crippen LogP contribution is 2.33. The van der Waals surface area contributed by atoms with E-state index in [1.807, 2.05) is 11.8 Å². The molecule has 1 heterocycles. The van der Waals surface area contributed by atoms with Crippen LogP contribution in [0.15, 0.2) is 24.3 Å². The number of halogens is 3. The van der Waals surface area contributed by atoms with Gasteiger partial charge in [0.25, 0.3) is 0 Å². The summed E-state index contributed by atoms with van der Waals surface area (Å²) in [7, 11) is 0. The predicted octanol–water partition coefficient (Wildman–Crippen LogP) is 3.02. The number of hydrogen-bond acceptors (Lipinski definition) is 2. The molecule has 0 saturated carbocycles. The minimum absolute atomic E-state index is 0.155. The molecule has 100 valence electrons. The lowest BCUT2D eigenvalue weighted by atomic mass is 9.98. The second-order valence-electron chi connectivity index (χ2n) is 4.87. The van der Waals surface area contributed by atoms with Crippen molar-refractivity contribution in [1.29, 1.82) is 0 Å². The molecule has 2 unspecified atom stereocenters. The summed E-state index contributed by atoms with van der Waals surface area (Å²) < 4.78 is 38.0. The van der Waals surface area contributed by atoms with Gasteiger partial charge in [-0.25, -0.2) is 0 Å². The SMILES string of the molecule is CC1CC(N)CCN1c1cccc(C(F)(F)F)c1. The van der Waals surface area contributed by atoms with Gasteiger partial charge in [-0.1, -0.05) is 6.07 Å². The average molecular weight is 258 g/mol. The van der Waals surface area contributed by atoms with Gasteiger partial charge in [-0.05, 0) is 38.0 Å². The van der Waals surface area contributed by atoms with Crippen LogP contribution in [0.2, 0.25) is 0 Å². The lowest BCUT2D eigenvalue weighted by molar-refractivity contribution is -0.137. The zero-order chi connectivity index (χ0) is 13.3. The molecule has 0 amide bonds. The van der Waals surface area contributed by atoms with Crippen molar-refractivity contribution in [3.63, 3.8) is 0 Å². The quantitative estimate of drug-likeness (QED) is 0.839. The number of nitrogens with two attached hydrogens (primary N) is 1. The fourth-order valence-corrected chi connectivity index (χ4v) is 2.45. The topological polar surface area (TPSA) is 29.3 Å². The van der Waals surface area contributed by atoms with Crippen LogP contribution < -0.4 is 10.6 Å². The van der Waals surface area contributed by atoms with E-state index in [0.29, 0.717) is 12.2 Å². The molecule has 5 heteroatoms. The summed E-state index contributed by atoms with van der Waals surface area (Å²) in [5, 5.41) is 0. The maximum absolute atomic E-state index is 12.7. The number of nitrogens with zero attached hydrogens (tertiary/aromatic N) is 1. The van der Waals surface area contributed by atoms with Crippen LogP contribution >= 0.6 is 0 Å². The normalized spacial score (nSPS) is 25.3. The first-order valence-electron chi connectivity index (χ1n) is 6.07. The Bertz CT molecular complexity index is 417. The van der Waals surface area contributed by atoms with Crippen LogP contribution in [0, 0.1) is 0 Å². The number of hydrogen-bond donors (Lipinski definition) is 1. The molecule has 0 aromatic heterocycles. The zero-order valence-electron chi connectivity index (χ0n) is 10.2. The van der Waals surface area contributed by atoms with Gasteiger partial charge in [-0.2, -0.15) is 13.2 Å². The van der Waals surface area contributed by atoms with Gasteiger partial charge in [0.15, 0.2) is 0 Å². The fourth-order valence-electron chi connectivity index (χ4n) is 2.45. The predicted molar refractivity (Wildman–Crippen MR) is 65.5 cm³/mol. The second-order valence-corrected chi connectivity index (χ2v) is 4.87. The Kier molecular flexibility index (Phi) is 3.52. The van der Waals surface area contributed by atoms with Crippen LogP contribution in [-0.4, -0.2) is 18.6 Å². The number of anilines is 1. The summed E-state index contributed by atoms with van der Waals surface area (Å²) in [6, 6.07) is 5.83. The molecule has 1 fully saturated rings. The van der Waals surface area contributed by atoms with Crippen LogP contribution in [0.5, 0.6) is 0 Å². The first-order valence-corrected chi connectivity index (χ1v) is 6.07. The highest BCUT2D eigenvalue weighted by atomic mass is 19.4. The first kappa shape index (κ1) is 13.2. The number of benzene rings is 1. The molecule has 2 atom stereocenters. The Morgan fingerprint density at radius 3 is 2.67 bits per heavy atom. The Labute approximate surface area is 105 Å². The lowest BCUT2D eigenvalue weighted by Gasteiger charge is -2.38. The molecule has 0 bridgehead atoms. The number of alkyl halides is 3. The van der Waals surface area contributed by atoms with Crippen LogP contribution in [-0.2, 0) is 6.18 Å². The smallest absolute Gasteiger partial charge is 0.369 e. The van der Waals surface area contributed by atoms with E-state index in [1.54, 1.807) is 6.07 Å². The number of piperidine rings is 1. The minimum Gasteiger partial charge on any atom is -0.369 e. The summed E-state index contributed by atoms with van der Waals surface area (Å²) >= 11 is 0. The monoisotopic (exact) mass is 258 g/mol. The Morgan fingerprint density at radius 1 is 1.33 bits per heavy atom. The van der Waals surface area contributed by atoms with Crippen LogP contribution in [0.3, 0.4) is 0 Å². The molecule has 18 heavy (non-hydrogen) atoms. The van der Waals surface area contributed by atoms with Crippen LogP contribution in [0.4, 0.5) is 18.9 Å². The minimum atomic E-state index is -4.29. The standard InChI is InChI=1S/C13H17F3N2/c1-9-7-11(17)5-6-18(9)12-4-2-3-10(8-12)13(14,15)16/h2-4,8-9,11H,5-7,17H2,1H3. The van der Waals surface area contributed by atoms with Gasteiger partial charge in [0.2, 0.25) is 0 Å². The average Bonchev–Trinajstić information content (AvgIpc) is 2.28. The van der Waals surface area contributed by atoms with E-state index in [4.69, 9.17) is 5.73 Å². The zero-order valence-corrected chi connectivity index (χ0v) is 10.2. The van der Waals surface area contributed by atoms with E-state index < -0.39 is 11.7 Å². The largest absolute Gasteiger partial charge is 0.416 e. The molecule has 2 rings (SSSR count). The van der Waals surface area contributed by atoms with Crippen LogP contribution in [0.1, 0.15) is 25.3 Å². The Morgan fingerprint density at radius 2 is 2.06 bits per heavy atom. The summed E-state index contributed by atoms with van der Waals surface area (Å²) in [6.45, 7) is 2.71. The molecule has 1 aliphatic heterocycles. The van der Waals surface area contributed by atoms with Gasteiger partial charge in [0.1, 0.15) is 0 Å². The maximum Gasteiger partial charge on any atom is 0.416 e. The third kappa shape index (κ3) is 2.77. The molecule has 1 saturated heterocycles. The molecule has 0 radical (unpaired) electrons. The van der Waals surface area contributed by atoms with E-state index in [9.17, 15) is 13.2 Å². The third-order valence-corrected chi connectivity index (χ3v) is 3.42. The molecular weight excluding hydrogens is 241 g/mol. The van der Waals surface area contributed by atoms with Gasteiger partial charge < -0.3 is 10.6 Å². The third-order valence-electron chi connectivity index (χ3n) is 3.42. The van der Waals surface area contributed by atoms with Gasteiger partial charge in [-0.15, -0.1) is 0 Å². The summed E-state index contributed by atoms with van der Waals surface area (Å²) in [4.78, 5) is 2.00. The van der Waals surface area contributed by atoms with Crippen molar-refractivity contribution in [2.24, 2.45) is 5.73 Å². The van der Waals surface area contributed by atoms with E-state index in [1.165, 1.54) is 12.1 Å². The van der Waals surface area contributed by atoms with Gasteiger partial charge >= 0.3 is 6.18 Å². The van der Waals surface area contributed by atoms with Crippen molar-refractivity contribution in [2.75, 3.05) is 11.4 Å².